The van der Waals surface area contributed by atoms with Gasteiger partial charge in [-0.25, -0.2) is 0 Å². The lowest BCUT2D eigenvalue weighted by molar-refractivity contribution is 0.893. The highest BCUT2D eigenvalue weighted by atomic mass is 32.1. The van der Waals surface area contributed by atoms with Gasteiger partial charge in [-0.05, 0) is 35.1 Å². The van der Waals surface area contributed by atoms with Crippen molar-refractivity contribution in [3.63, 3.8) is 0 Å². The molecular weight excluding hydrogens is 430 g/mol. The monoisotopic (exact) mass is 451 g/mol. The molecule has 0 unspecified atom stereocenters. The third kappa shape index (κ3) is 2.39. The van der Waals surface area contributed by atoms with Crippen molar-refractivity contribution in [2.75, 3.05) is 0 Å². The third-order valence-corrected chi connectivity index (χ3v) is 8.70. The second-order valence-electron chi connectivity index (χ2n) is 9.24. The lowest BCUT2D eigenvalue weighted by Crippen LogP contribution is -2.03. The van der Waals surface area contributed by atoms with Crippen molar-refractivity contribution < 1.29 is 0 Å². The first-order valence-corrected chi connectivity index (χ1v) is 12.7. The van der Waals surface area contributed by atoms with E-state index in [-0.39, 0.29) is 0 Å². The van der Waals surface area contributed by atoms with E-state index in [4.69, 9.17) is 0 Å². The molecule has 160 valence electrons. The highest BCUT2D eigenvalue weighted by Crippen LogP contribution is 2.45. The maximum Gasteiger partial charge on any atom is 0.0716 e. The van der Waals surface area contributed by atoms with Crippen LogP contribution in [-0.4, -0.2) is 4.57 Å². The van der Waals surface area contributed by atoms with E-state index in [1.165, 1.54) is 69.6 Å². The number of hydrogen-bond donors (Lipinski definition) is 0. The SMILES string of the molecule is C1=Cc2c(n(-c3cccc4ccccc34)c3c2ccc2c4ccc5ccccc5c4sc23)CC1. The fourth-order valence-electron chi connectivity index (χ4n) is 5.93. The predicted molar refractivity (Wildman–Crippen MR) is 149 cm³/mol. The van der Waals surface area contributed by atoms with Crippen molar-refractivity contribution in [1.29, 1.82) is 0 Å². The van der Waals surface area contributed by atoms with Gasteiger partial charge in [0.15, 0.2) is 0 Å². The van der Waals surface area contributed by atoms with Gasteiger partial charge in [0.2, 0.25) is 0 Å². The lowest BCUT2D eigenvalue weighted by atomic mass is 10.0. The molecule has 0 amide bonds. The van der Waals surface area contributed by atoms with E-state index < -0.39 is 0 Å². The molecule has 1 aliphatic carbocycles. The Morgan fingerprint density at radius 2 is 1.29 bits per heavy atom. The molecule has 2 heterocycles. The quantitative estimate of drug-likeness (QED) is 0.234. The van der Waals surface area contributed by atoms with Gasteiger partial charge in [-0.2, -0.15) is 0 Å². The first kappa shape index (κ1) is 18.5. The Labute approximate surface area is 201 Å². The van der Waals surface area contributed by atoms with E-state index in [1.807, 2.05) is 11.3 Å². The number of benzene rings is 5. The third-order valence-electron chi connectivity index (χ3n) is 7.44. The second kappa shape index (κ2) is 6.82. The van der Waals surface area contributed by atoms with Gasteiger partial charge in [-0.1, -0.05) is 97.1 Å². The van der Waals surface area contributed by atoms with Crippen LogP contribution in [0.4, 0.5) is 0 Å². The number of nitrogens with zero attached hydrogens (tertiary/aromatic N) is 1. The Kier molecular flexibility index (Phi) is 3.72. The standard InChI is InChI=1S/C32H21NS/c1-3-11-22-20(8-1)10-7-15-28(22)33-29-14-6-5-13-24(29)25-18-19-27-26-17-16-21-9-2-4-12-23(21)31(26)34-32(27)30(25)33/h1-5,7-13,15-19H,6,14H2. The Morgan fingerprint density at radius 1 is 0.588 bits per heavy atom. The van der Waals surface area contributed by atoms with E-state index in [1.54, 1.807) is 0 Å². The summed E-state index contributed by atoms with van der Waals surface area (Å²) < 4.78 is 5.36. The maximum atomic E-state index is 2.58. The molecule has 0 radical (unpaired) electrons. The van der Waals surface area contributed by atoms with E-state index in [9.17, 15) is 0 Å². The molecule has 0 aliphatic heterocycles. The molecule has 0 spiro atoms. The normalized spacial score (nSPS) is 13.5. The molecule has 7 aromatic rings. The summed E-state index contributed by atoms with van der Waals surface area (Å²) in [5, 5.41) is 9.34. The highest BCUT2D eigenvalue weighted by Gasteiger charge is 2.23. The molecule has 1 nitrogen and oxygen atoms in total. The smallest absolute Gasteiger partial charge is 0.0716 e. The Hall–Kier alpha value is -3.88. The Bertz CT molecular complexity index is 1960. The van der Waals surface area contributed by atoms with Crippen LogP contribution in [0.3, 0.4) is 0 Å². The molecule has 0 saturated heterocycles. The number of allylic oxidation sites excluding steroid dienone is 1. The minimum absolute atomic E-state index is 1.07. The summed E-state index contributed by atoms with van der Waals surface area (Å²) in [5.74, 6) is 0. The zero-order chi connectivity index (χ0) is 22.2. The number of aromatic nitrogens is 1. The predicted octanol–water partition coefficient (Wildman–Crippen LogP) is 9.26. The average Bonchev–Trinajstić information content (AvgIpc) is 3.44. The molecular formula is C32H21NS. The molecule has 5 aromatic carbocycles. The minimum Gasteiger partial charge on any atom is -0.311 e. The van der Waals surface area contributed by atoms with Crippen molar-refractivity contribution in [3.8, 4) is 5.69 Å². The topological polar surface area (TPSA) is 4.93 Å². The van der Waals surface area contributed by atoms with E-state index in [0.717, 1.165) is 12.8 Å². The average molecular weight is 452 g/mol. The Morgan fingerprint density at radius 3 is 2.21 bits per heavy atom. The summed E-state index contributed by atoms with van der Waals surface area (Å²) in [4.78, 5) is 0. The summed E-state index contributed by atoms with van der Waals surface area (Å²) >= 11 is 1.95. The lowest BCUT2D eigenvalue weighted by Gasteiger charge is -2.15. The summed E-state index contributed by atoms with van der Waals surface area (Å²) in [7, 11) is 0. The molecule has 2 aromatic heterocycles. The minimum atomic E-state index is 1.07. The van der Waals surface area contributed by atoms with Gasteiger partial charge in [-0.3, -0.25) is 0 Å². The van der Waals surface area contributed by atoms with Crippen LogP contribution in [0.2, 0.25) is 0 Å². The van der Waals surface area contributed by atoms with Crippen molar-refractivity contribution in [1.82, 2.24) is 4.57 Å². The zero-order valence-corrected chi connectivity index (χ0v) is 19.4. The van der Waals surface area contributed by atoms with Crippen LogP contribution in [0, 0.1) is 0 Å². The summed E-state index contributed by atoms with van der Waals surface area (Å²) in [6.07, 6.45) is 6.84. The van der Waals surface area contributed by atoms with Crippen LogP contribution in [0.5, 0.6) is 0 Å². The van der Waals surface area contributed by atoms with Crippen molar-refractivity contribution in [2.45, 2.75) is 12.8 Å². The molecule has 8 rings (SSSR count). The van der Waals surface area contributed by atoms with Crippen LogP contribution >= 0.6 is 11.3 Å². The highest BCUT2D eigenvalue weighted by molar-refractivity contribution is 7.27. The first-order valence-electron chi connectivity index (χ1n) is 11.9. The van der Waals surface area contributed by atoms with Crippen LogP contribution in [-0.2, 0) is 6.42 Å². The van der Waals surface area contributed by atoms with Gasteiger partial charge in [-0.15, -0.1) is 11.3 Å². The maximum absolute atomic E-state index is 2.58. The van der Waals surface area contributed by atoms with Gasteiger partial charge in [0.05, 0.1) is 15.9 Å². The van der Waals surface area contributed by atoms with Crippen molar-refractivity contribution in [3.05, 3.63) is 108 Å². The molecule has 2 heteroatoms. The number of rotatable bonds is 1. The van der Waals surface area contributed by atoms with Gasteiger partial charge in [0, 0.05) is 37.5 Å². The van der Waals surface area contributed by atoms with Gasteiger partial charge < -0.3 is 4.57 Å². The molecule has 1 aliphatic rings. The van der Waals surface area contributed by atoms with Crippen molar-refractivity contribution in [2.24, 2.45) is 0 Å². The van der Waals surface area contributed by atoms with Gasteiger partial charge in [0.1, 0.15) is 0 Å². The molecule has 0 bridgehead atoms. The fourth-order valence-corrected chi connectivity index (χ4v) is 7.30. The first-order chi connectivity index (χ1) is 16.9. The zero-order valence-electron chi connectivity index (χ0n) is 18.6. The number of hydrogen-bond acceptors (Lipinski definition) is 1. The fraction of sp³-hybridized carbons (Fsp3) is 0.0625. The van der Waals surface area contributed by atoms with E-state index in [0.29, 0.717) is 0 Å². The number of thiophene rings is 1. The van der Waals surface area contributed by atoms with E-state index >= 15 is 0 Å². The Balaban J connectivity index is 1.60. The van der Waals surface area contributed by atoms with E-state index in [2.05, 4.69) is 108 Å². The summed E-state index contributed by atoms with van der Waals surface area (Å²) in [6, 6.07) is 33.5. The largest absolute Gasteiger partial charge is 0.311 e. The van der Waals surface area contributed by atoms with Crippen LogP contribution in [0.25, 0.3) is 64.4 Å². The van der Waals surface area contributed by atoms with Crippen molar-refractivity contribution >= 4 is 70.0 Å². The molecule has 34 heavy (non-hydrogen) atoms. The molecule has 0 saturated carbocycles. The van der Waals surface area contributed by atoms with Crippen LogP contribution in [0.15, 0.2) is 97.1 Å². The van der Waals surface area contributed by atoms with Gasteiger partial charge >= 0.3 is 0 Å². The second-order valence-corrected chi connectivity index (χ2v) is 10.3. The van der Waals surface area contributed by atoms with Crippen LogP contribution < -0.4 is 0 Å². The van der Waals surface area contributed by atoms with Gasteiger partial charge in [0.25, 0.3) is 0 Å². The molecule has 0 atom stereocenters. The summed E-state index contributed by atoms with van der Waals surface area (Å²) in [6.45, 7) is 0. The summed E-state index contributed by atoms with van der Waals surface area (Å²) in [5.41, 5.74) is 5.47. The number of fused-ring (bicyclic) bond motifs is 10. The van der Waals surface area contributed by atoms with Crippen LogP contribution in [0.1, 0.15) is 17.7 Å². The molecule has 0 N–H and O–H groups in total. The molecule has 0 fully saturated rings.